The average Bonchev–Trinajstić information content (AvgIpc) is 2.88. The van der Waals surface area contributed by atoms with E-state index >= 15 is 0 Å². The Morgan fingerprint density at radius 3 is 2.47 bits per heavy atom. The van der Waals surface area contributed by atoms with Crippen LogP contribution in [-0.2, 0) is 22.4 Å². The number of benzene rings is 1. The maximum Gasteiger partial charge on any atom is 0.331 e. The van der Waals surface area contributed by atoms with Crippen LogP contribution in [0, 0.1) is 5.92 Å². The Balaban J connectivity index is 0.00000256. The van der Waals surface area contributed by atoms with Crippen LogP contribution in [-0.4, -0.2) is 53.6 Å². The van der Waals surface area contributed by atoms with Gasteiger partial charge in [-0.2, -0.15) is 0 Å². The molecular formula is C22H30ClN3O4. The molecule has 30 heavy (non-hydrogen) atoms. The number of carbonyl (C=O) groups is 3. The molecule has 2 N–H and O–H groups in total. The quantitative estimate of drug-likeness (QED) is 0.694. The van der Waals surface area contributed by atoms with Crippen molar-refractivity contribution in [1.82, 2.24) is 10.2 Å². The molecule has 1 aromatic rings. The van der Waals surface area contributed by atoms with Crippen LogP contribution in [0.4, 0.5) is 10.5 Å². The third kappa shape index (κ3) is 4.78. The number of aliphatic carboxylic acids is 1. The van der Waals surface area contributed by atoms with Gasteiger partial charge in [0.05, 0.1) is 0 Å². The molecule has 7 nitrogen and oxygen atoms in total. The molecule has 164 valence electrons. The van der Waals surface area contributed by atoms with Gasteiger partial charge in [0.25, 0.3) is 5.91 Å². The number of fused-ring (bicyclic) bond motifs is 1. The minimum Gasteiger partial charge on any atom is -0.481 e. The third-order valence-corrected chi connectivity index (χ3v) is 6.59. The van der Waals surface area contributed by atoms with Gasteiger partial charge in [0.15, 0.2) is 0 Å². The van der Waals surface area contributed by atoms with Crippen LogP contribution in [0.1, 0.15) is 49.7 Å². The summed E-state index contributed by atoms with van der Waals surface area (Å²) in [5.41, 5.74) is 3.38. The van der Waals surface area contributed by atoms with E-state index in [0.717, 1.165) is 57.3 Å². The normalized spacial score (nSPS) is 24.3. The van der Waals surface area contributed by atoms with E-state index in [2.05, 4.69) is 17.4 Å². The molecule has 0 bridgehead atoms. The van der Waals surface area contributed by atoms with Crippen molar-refractivity contribution in [3.8, 4) is 0 Å². The van der Waals surface area contributed by atoms with Crippen molar-refractivity contribution < 1.29 is 19.5 Å². The van der Waals surface area contributed by atoms with E-state index in [1.165, 1.54) is 16.0 Å². The fourth-order valence-electron chi connectivity index (χ4n) is 4.92. The number of rotatable bonds is 5. The van der Waals surface area contributed by atoms with Gasteiger partial charge in [0, 0.05) is 18.2 Å². The second-order valence-corrected chi connectivity index (χ2v) is 8.44. The lowest BCUT2D eigenvalue weighted by Crippen LogP contribution is -2.43. The second kappa shape index (κ2) is 9.79. The lowest BCUT2D eigenvalue weighted by Gasteiger charge is -2.33. The number of halogens is 1. The molecule has 1 saturated heterocycles. The largest absolute Gasteiger partial charge is 0.481 e. The molecule has 3 aliphatic rings. The summed E-state index contributed by atoms with van der Waals surface area (Å²) in [6.07, 6.45) is 6.08. The number of anilines is 1. The zero-order valence-corrected chi connectivity index (χ0v) is 18.0. The zero-order valence-electron chi connectivity index (χ0n) is 17.1. The number of nitrogens with one attached hydrogen (secondary N) is 1. The van der Waals surface area contributed by atoms with E-state index in [0.29, 0.717) is 12.3 Å². The number of carboxylic acids is 1. The lowest BCUT2D eigenvalue weighted by molar-refractivity contribution is -0.137. The van der Waals surface area contributed by atoms with Crippen LogP contribution in [0.15, 0.2) is 18.2 Å². The van der Waals surface area contributed by atoms with E-state index in [1.807, 2.05) is 6.07 Å². The SMILES string of the molecule is Cl.O=C(O)CC[C@H]1CC[C@H](N2C(=O)CN(c3ccc4c(c3)CCNCC4)C2=O)CC1. The molecule has 2 aliphatic heterocycles. The number of nitrogens with zero attached hydrogens (tertiary/aromatic N) is 2. The predicted molar refractivity (Wildman–Crippen MR) is 116 cm³/mol. The van der Waals surface area contributed by atoms with Crippen LogP contribution in [0.5, 0.6) is 0 Å². The molecule has 3 amide bonds. The summed E-state index contributed by atoms with van der Waals surface area (Å²) >= 11 is 0. The highest BCUT2D eigenvalue weighted by atomic mass is 35.5. The van der Waals surface area contributed by atoms with E-state index in [-0.39, 0.29) is 43.4 Å². The van der Waals surface area contributed by atoms with Gasteiger partial charge in [-0.15, -0.1) is 12.4 Å². The molecule has 1 aliphatic carbocycles. The number of amides is 3. The van der Waals surface area contributed by atoms with Gasteiger partial charge in [-0.1, -0.05) is 6.07 Å². The van der Waals surface area contributed by atoms with Crippen molar-refractivity contribution in [2.24, 2.45) is 5.92 Å². The maximum absolute atomic E-state index is 13.1. The standard InChI is InChI=1S/C22H29N3O4.ClH/c26-20-14-24(19-7-4-16-9-11-23-12-10-17(16)13-19)22(29)25(20)18-5-1-15(2-6-18)3-8-21(27)28;/h4,7,13,15,18,23H,1-3,5-6,8-12,14H2,(H,27,28);1H/t15-,18-;. The first-order valence-electron chi connectivity index (χ1n) is 10.7. The Labute approximate surface area is 183 Å². The van der Waals surface area contributed by atoms with Gasteiger partial charge in [0.1, 0.15) is 6.54 Å². The van der Waals surface area contributed by atoms with Crippen LogP contribution in [0.3, 0.4) is 0 Å². The molecule has 4 rings (SSSR count). The first-order chi connectivity index (χ1) is 14.0. The van der Waals surface area contributed by atoms with Crippen molar-refractivity contribution in [2.45, 2.75) is 57.4 Å². The van der Waals surface area contributed by atoms with Gasteiger partial charge in [-0.3, -0.25) is 19.4 Å². The minimum atomic E-state index is -0.760. The van der Waals surface area contributed by atoms with Gasteiger partial charge in [-0.05, 0) is 87.2 Å². The molecular weight excluding hydrogens is 406 g/mol. The zero-order chi connectivity index (χ0) is 20.4. The number of hydrogen-bond donors (Lipinski definition) is 2. The molecule has 0 spiro atoms. The van der Waals surface area contributed by atoms with Gasteiger partial charge >= 0.3 is 12.0 Å². The highest BCUT2D eigenvalue weighted by Crippen LogP contribution is 2.34. The first kappa shape index (κ1) is 22.6. The van der Waals surface area contributed by atoms with E-state index in [1.54, 1.807) is 4.90 Å². The molecule has 1 saturated carbocycles. The smallest absolute Gasteiger partial charge is 0.331 e. The summed E-state index contributed by atoms with van der Waals surface area (Å²) in [5, 5.41) is 12.3. The fourth-order valence-corrected chi connectivity index (χ4v) is 4.92. The van der Waals surface area contributed by atoms with Crippen molar-refractivity contribution in [3.63, 3.8) is 0 Å². The van der Waals surface area contributed by atoms with Crippen molar-refractivity contribution in [1.29, 1.82) is 0 Å². The first-order valence-corrected chi connectivity index (χ1v) is 10.7. The molecule has 8 heteroatoms. The van der Waals surface area contributed by atoms with Crippen molar-refractivity contribution in [2.75, 3.05) is 24.5 Å². The van der Waals surface area contributed by atoms with Crippen molar-refractivity contribution >= 4 is 36.0 Å². The Hall–Kier alpha value is -2.12. The average molecular weight is 436 g/mol. The summed E-state index contributed by atoms with van der Waals surface area (Å²) in [5.74, 6) is -0.505. The summed E-state index contributed by atoms with van der Waals surface area (Å²) in [6.45, 7) is 2.01. The number of carboxylic acid groups (broad SMARTS) is 1. The number of hydrogen-bond acceptors (Lipinski definition) is 4. The monoisotopic (exact) mass is 435 g/mol. The molecule has 1 aromatic carbocycles. The Bertz CT molecular complexity index is 808. The highest BCUT2D eigenvalue weighted by Gasteiger charge is 2.42. The summed E-state index contributed by atoms with van der Waals surface area (Å²) in [4.78, 5) is 39.6. The summed E-state index contributed by atoms with van der Waals surface area (Å²) in [6, 6.07) is 5.84. The molecule has 2 heterocycles. The molecule has 0 atom stereocenters. The minimum absolute atomic E-state index is 0. The third-order valence-electron chi connectivity index (χ3n) is 6.59. The Kier molecular flexibility index (Phi) is 7.36. The van der Waals surface area contributed by atoms with Crippen LogP contribution in [0.25, 0.3) is 0 Å². The molecule has 0 aromatic heterocycles. The lowest BCUT2D eigenvalue weighted by atomic mass is 9.83. The van der Waals surface area contributed by atoms with Gasteiger partial charge in [-0.25, -0.2) is 4.79 Å². The number of imide groups is 1. The van der Waals surface area contributed by atoms with Crippen LogP contribution in [0.2, 0.25) is 0 Å². The van der Waals surface area contributed by atoms with Gasteiger partial charge in [0.2, 0.25) is 0 Å². The number of urea groups is 1. The molecule has 0 unspecified atom stereocenters. The summed E-state index contributed by atoms with van der Waals surface area (Å²) in [7, 11) is 0. The maximum atomic E-state index is 13.1. The second-order valence-electron chi connectivity index (χ2n) is 8.44. The molecule has 0 radical (unpaired) electrons. The Morgan fingerprint density at radius 2 is 1.77 bits per heavy atom. The molecule has 2 fully saturated rings. The Morgan fingerprint density at radius 1 is 1.07 bits per heavy atom. The summed E-state index contributed by atoms with van der Waals surface area (Å²) < 4.78 is 0. The predicted octanol–water partition coefficient (Wildman–Crippen LogP) is 2.99. The van der Waals surface area contributed by atoms with E-state index < -0.39 is 5.97 Å². The van der Waals surface area contributed by atoms with E-state index in [4.69, 9.17) is 5.11 Å². The van der Waals surface area contributed by atoms with Crippen LogP contribution < -0.4 is 10.2 Å². The highest BCUT2D eigenvalue weighted by molar-refractivity contribution is 6.12. The van der Waals surface area contributed by atoms with Gasteiger partial charge < -0.3 is 10.4 Å². The van der Waals surface area contributed by atoms with E-state index in [9.17, 15) is 14.4 Å². The number of carbonyl (C=O) groups excluding carboxylic acids is 2. The fraction of sp³-hybridized carbons (Fsp3) is 0.591. The van der Waals surface area contributed by atoms with Crippen LogP contribution >= 0.6 is 12.4 Å². The topological polar surface area (TPSA) is 89.9 Å². The van der Waals surface area contributed by atoms with Crippen molar-refractivity contribution in [3.05, 3.63) is 29.3 Å².